The average molecular weight is 324 g/mol. The van der Waals surface area contributed by atoms with Crippen molar-refractivity contribution in [2.45, 2.75) is 83.7 Å². The Morgan fingerprint density at radius 2 is 1.43 bits per heavy atom. The number of unbranched alkanes of at least 4 members (excludes halogenated alkanes) is 9. The summed E-state index contributed by atoms with van der Waals surface area (Å²) >= 11 is 0. The number of esters is 2. The summed E-state index contributed by atoms with van der Waals surface area (Å²) in [4.78, 5) is 22.9. The van der Waals surface area contributed by atoms with Crippen LogP contribution in [0.25, 0.3) is 0 Å². The maximum absolute atomic E-state index is 11.7. The van der Waals surface area contributed by atoms with Gasteiger partial charge in [-0.05, 0) is 12.8 Å². The van der Waals surface area contributed by atoms with Crippen LogP contribution in [0.1, 0.15) is 77.6 Å². The van der Waals surface area contributed by atoms with Gasteiger partial charge in [0.2, 0.25) is 0 Å². The second-order valence-electron chi connectivity index (χ2n) is 5.70. The number of carbonyl (C=O) groups excluding carboxylic acids is 2. The Kier molecular flexibility index (Phi) is 14.3. The van der Waals surface area contributed by atoms with Crippen molar-refractivity contribution >= 4 is 11.9 Å². The molecule has 1 unspecified atom stereocenters. The molecule has 4 nitrogen and oxygen atoms in total. The lowest BCUT2D eigenvalue weighted by Gasteiger charge is -2.14. The van der Waals surface area contributed by atoms with E-state index >= 15 is 0 Å². The SMILES string of the molecule is C=COC(=O)C(CCCCCCCCCCCC)OC(=O)C=C. The van der Waals surface area contributed by atoms with Crippen molar-refractivity contribution in [2.24, 2.45) is 0 Å². The van der Waals surface area contributed by atoms with Crippen LogP contribution in [-0.2, 0) is 19.1 Å². The van der Waals surface area contributed by atoms with E-state index in [4.69, 9.17) is 9.47 Å². The maximum Gasteiger partial charge on any atom is 0.352 e. The van der Waals surface area contributed by atoms with Crippen LogP contribution in [0, 0.1) is 0 Å². The van der Waals surface area contributed by atoms with E-state index in [1.807, 2.05) is 0 Å². The van der Waals surface area contributed by atoms with Gasteiger partial charge >= 0.3 is 11.9 Å². The highest BCUT2D eigenvalue weighted by Gasteiger charge is 2.22. The minimum atomic E-state index is -0.868. The van der Waals surface area contributed by atoms with Crippen molar-refractivity contribution in [2.75, 3.05) is 0 Å². The summed E-state index contributed by atoms with van der Waals surface area (Å²) in [5.74, 6) is -1.19. The first-order valence-corrected chi connectivity index (χ1v) is 8.80. The number of ether oxygens (including phenoxy) is 2. The second kappa shape index (κ2) is 15.3. The van der Waals surface area contributed by atoms with Gasteiger partial charge in [0.1, 0.15) is 0 Å². The largest absolute Gasteiger partial charge is 0.447 e. The van der Waals surface area contributed by atoms with Crippen LogP contribution in [0.3, 0.4) is 0 Å². The van der Waals surface area contributed by atoms with Crippen molar-refractivity contribution < 1.29 is 19.1 Å². The fourth-order valence-electron chi connectivity index (χ4n) is 2.39. The third kappa shape index (κ3) is 12.6. The maximum atomic E-state index is 11.7. The molecule has 0 bridgehead atoms. The minimum absolute atomic E-state index is 0.475. The Labute approximate surface area is 140 Å². The summed E-state index contributed by atoms with van der Waals surface area (Å²) in [7, 11) is 0. The molecule has 0 N–H and O–H groups in total. The number of hydrogen-bond acceptors (Lipinski definition) is 4. The normalized spacial score (nSPS) is 11.5. The Balaban J connectivity index is 3.77. The molecule has 0 aromatic rings. The second-order valence-corrected chi connectivity index (χ2v) is 5.70. The molecular weight excluding hydrogens is 292 g/mol. The summed E-state index contributed by atoms with van der Waals surface area (Å²) in [6, 6.07) is 0. The van der Waals surface area contributed by atoms with Crippen molar-refractivity contribution in [1.82, 2.24) is 0 Å². The molecule has 0 saturated heterocycles. The van der Waals surface area contributed by atoms with E-state index < -0.39 is 18.0 Å². The zero-order valence-electron chi connectivity index (χ0n) is 14.6. The van der Waals surface area contributed by atoms with E-state index in [2.05, 4.69) is 20.1 Å². The van der Waals surface area contributed by atoms with E-state index in [1.165, 1.54) is 44.9 Å². The molecule has 1 atom stereocenters. The molecule has 0 aromatic carbocycles. The molecule has 0 aliphatic carbocycles. The highest BCUT2D eigenvalue weighted by atomic mass is 16.6. The highest BCUT2D eigenvalue weighted by molar-refractivity contribution is 5.85. The Bertz CT molecular complexity index is 349. The van der Waals surface area contributed by atoms with Gasteiger partial charge in [-0.1, -0.05) is 77.9 Å². The predicted octanol–water partition coefficient (Wildman–Crippen LogP) is 5.08. The topological polar surface area (TPSA) is 52.6 Å². The van der Waals surface area contributed by atoms with Gasteiger partial charge in [-0.2, -0.15) is 0 Å². The monoisotopic (exact) mass is 324 g/mol. The Morgan fingerprint density at radius 1 is 0.913 bits per heavy atom. The lowest BCUT2D eigenvalue weighted by atomic mass is 10.0. The van der Waals surface area contributed by atoms with Crippen molar-refractivity contribution in [1.29, 1.82) is 0 Å². The Hall–Kier alpha value is -1.58. The Morgan fingerprint density at radius 3 is 1.91 bits per heavy atom. The molecule has 23 heavy (non-hydrogen) atoms. The first kappa shape index (κ1) is 21.4. The molecule has 0 aliphatic heterocycles. The molecule has 0 aromatic heterocycles. The highest BCUT2D eigenvalue weighted by Crippen LogP contribution is 2.14. The third-order valence-corrected chi connectivity index (χ3v) is 3.71. The lowest BCUT2D eigenvalue weighted by Crippen LogP contribution is -2.27. The zero-order chi connectivity index (χ0) is 17.3. The lowest BCUT2D eigenvalue weighted by molar-refractivity contribution is -0.161. The molecular formula is C19H32O4. The van der Waals surface area contributed by atoms with Gasteiger partial charge in [0, 0.05) is 6.08 Å². The summed E-state index contributed by atoms with van der Waals surface area (Å²) in [6.07, 6.45) is 13.8. The van der Waals surface area contributed by atoms with E-state index in [9.17, 15) is 9.59 Å². The molecule has 0 rings (SSSR count). The molecule has 0 fully saturated rings. The van der Waals surface area contributed by atoms with Gasteiger partial charge in [0.05, 0.1) is 6.26 Å². The van der Waals surface area contributed by atoms with Crippen LogP contribution in [0.2, 0.25) is 0 Å². The van der Waals surface area contributed by atoms with Crippen LogP contribution in [0.4, 0.5) is 0 Å². The fourth-order valence-corrected chi connectivity index (χ4v) is 2.39. The van der Waals surface area contributed by atoms with Gasteiger partial charge < -0.3 is 9.47 Å². The van der Waals surface area contributed by atoms with Crippen LogP contribution in [0.5, 0.6) is 0 Å². The summed E-state index contributed by atoms with van der Waals surface area (Å²) in [5.41, 5.74) is 0. The first-order chi connectivity index (χ1) is 11.2. The minimum Gasteiger partial charge on any atom is -0.447 e. The van der Waals surface area contributed by atoms with E-state index in [1.54, 1.807) is 0 Å². The smallest absolute Gasteiger partial charge is 0.352 e. The molecule has 0 amide bonds. The summed E-state index contributed by atoms with van der Waals surface area (Å²) in [5, 5.41) is 0. The molecule has 0 radical (unpaired) electrons. The fraction of sp³-hybridized carbons (Fsp3) is 0.684. The standard InChI is InChI=1S/C19H32O4/c1-4-7-8-9-10-11-12-13-14-15-16-17(19(21)22-6-3)23-18(20)5-2/h5-6,17H,2-4,7-16H2,1H3. The number of rotatable bonds is 15. The van der Waals surface area contributed by atoms with Gasteiger partial charge in [-0.25, -0.2) is 9.59 Å². The van der Waals surface area contributed by atoms with Crippen LogP contribution >= 0.6 is 0 Å². The molecule has 0 spiro atoms. The van der Waals surface area contributed by atoms with Gasteiger partial charge in [-0.3, -0.25) is 0 Å². The van der Waals surface area contributed by atoms with Gasteiger partial charge in [0.15, 0.2) is 6.10 Å². The average Bonchev–Trinajstić information content (AvgIpc) is 2.55. The van der Waals surface area contributed by atoms with Gasteiger partial charge in [0.25, 0.3) is 0 Å². The van der Waals surface area contributed by atoms with E-state index in [0.717, 1.165) is 31.6 Å². The molecule has 0 saturated carbocycles. The van der Waals surface area contributed by atoms with E-state index in [-0.39, 0.29) is 0 Å². The zero-order valence-corrected chi connectivity index (χ0v) is 14.6. The van der Waals surface area contributed by atoms with Crippen molar-refractivity contribution in [3.05, 3.63) is 25.5 Å². The summed E-state index contributed by atoms with van der Waals surface area (Å²) in [6.45, 7) is 8.89. The van der Waals surface area contributed by atoms with E-state index in [0.29, 0.717) is 6.42 Å². The molecule has 0 aliphatic rings. The quantitative estimate of drug-likeness (QED) is 0.182. The van der Waals surface area contributed by atoms with Crippen LogP contribution < -0.4 is 0 Å². The molecule has 0 heterocycles. The van der Waals surface area contributed by atoms with Crippen molar-refractivity contribution in [3.63, 3.8) is 0 Å². The van der Waals surface area contributed by atoms with Gasteiger partial charge in [-0.15, -0.1) is 0 Å². The van der Waals surface area contributed by atoms with Crippen molar-refractivity contribution in [3.8, 4) is 0 Å². The van der Waals surface area contributed by atoms with Crippen LogP contribution in [0.15, 0.2) is 25.5 Å². The van der Waals surface area contributed by atoms with Crippen LogP contribution in [-0.4, -0.2) is 18.0 Å². The number of hydrogen-bond donors (Lipinski definition) is 0. The molecule has 132 valence electrons. The third-order valence-electron chi connectivity index (χ3n) is 3.71. The number of carbonyl (C=O) groups is 2. The predicted molar refractivity (Wildman–Crippen MR) is 92.8 cm³/mol. The summed E-state index contributed by atoms with van der Waals surface area (Å²) < 4.78 is 9.72. The first-order valence-electron chi connectivity index (χ1n) is 8.80. The molecule has 4 heteroatoms.